The van der Waals surface area contributed by atoms with Crippen LogP contribution in [-0.2, 0) is 16.1 Å². The molecule has 0 radical (unpaired) electrons. The van der Waals surface area contributed by atoms with Crippen molar-refractivity contribution in [3.63, 3.8) is 0 Å². The first-order valence-corrected chi connectivity index (χ1v) is 19.3. The van der Waals surface area contributed by atoms with Gasteiger partial charge < -0.3 is 16.4 Å². The van der Waals surface area contributed by atoms with E-state index in [1.807, 2.05) is 60.7 Å². The van der Waals surface area contributed by atoms with Crippen LogP contribution in [0.4, 0.5) is 11.5 Å². The van der Waals surface area contributed by atoms with Crippen LogP contribution in [0.5, 0.6) is 0 Å². The molecule has 2 aromatic heterocycles. The molecule has 1 saturated heterocycles. The Morgan fingerprint density at radius 2 is 1.59 bits per heavy atom. The van der Waals surface area contributed by atoms with Gasteiger partial charge >= 0.3 is 0 Å². The first-order chi connectivity index (χ1) is 27.1. The number of hydrogen-bond acceptors (Lipinski definition) is 9. The summed E-state index contributed by atoms with van der Waals surface area (Å²) in [4.78, 5) is 68.3. The number of imide groups is 2. The Morgan fingerprint density at radius 3 is 2.27 bits per heavy atom. The van der Waals surface area contributed by atoms with Gasteiger partial charge in [0.1, 0.15) is 11.9 Å². The standard InChI is InChI=1S/C32H30N4O5.C11H16N4/c37-27-17-16-26(30(39)35-27)36-31(40)24-6-3-7-25(28(24)32(36)41)33-18-19-8-10-20(11-9-19)21-12-14-22(15-13-21)29(38)34-23-4-1-2-5-23;1-3-8(4-2)9-7-10(12)15-11(14-9)5-6-13-15/h3,6-15,23,26,33H,1-2,4-5,16-18H2,(H,34,38)(H,35,37,39);5-8H,3-4,12H2,1-2H3. The Bertz CT molecular complexity index is 2270. The van der Waals surface area contributed by atoms with E-state index in [0.29, 0.717) is 29.5 Å². The predicted molar refractivity (Wildman–Crippen MR) is 213 cm³/mol. The van der Waals surface area contributed by atoms with E-state index in [2.05, 4.69) is 39.9 Å². The fourth-order valence-corrected chi connectivity index (χ4v) is 7.70. The van der Waals surface area contributed by atoms with Crippen LogP contribution in [0.25, 0.3) is 16.8 Å². The lowest BCUT2D eigenvalue weighted by molar-refractivity contribution is -0.136. The Balaban J connectivity index is 0.000000268. The monoisotopic (exact) mass is 754 g/mol. The summed E-state index contributed by atoms with van der Waals surface area (Å²) >= 11 is 0. The number of rotatable bonds is 10. The van der Waals surface area contributed by atoms with E-state index in [-0.39, 0.29) is 35.9 Å². The smallest absolute Gasteiger partial charge is 0.264 e. The van der Waals surface area contributed by atoms with Gasteiger partial charge in [-0.3, -0.25) is 34.2 Å². The quantitative estimate of drug-likeness (QED) is 0.120. The lowest BCUT2D eigenvalue weighted by Gasteiger charge is -2.27. The summed E-state index contributed by atoms with van der Waals surface area (Å²) in [5.74, 6) is -0.993. The average Bonchev–Trinajstić information content (AvgIpc) is 3.96. The summed E-state index contributed by atoms with van der Waals surface area (Å²) < 4.78 is 1.66. The minimum absolute atomic E-state index is 0.0299. The molecule has 3 aliphatic rings. The van der Waals surface area contributed by atoms with E-state index >= 15 is 0 Å². The van der Waals surface area contributed by atoms with Gasteiger partial charge in [-0.15, -0.1) is 0 Å². The molecule has 0 spiro atoms. The van der Waals surface area contributed by atoms with Gasteiger partial charge in [0.2, 0.25) is 11.8 Å². The molecule has 5 N–H and O–H groups in total. The molecule has 5 amide bonds. The summed E-state index contributed by atoms with van der Waals surface area (Å²) in [6.45, 7) is 4.76. The van der Waals surface area contributed by atoms with Gasteiger partial charge in [0.05, 0.1) is 17.3 Å². The molecule has 56 heavy (non-hydrogen) atoms. The molecule has 13 heteroatoms. The number of nitrogen functional groups attached to an aromatic ring is 1. The van der Waals surface area contributed by atoms with Gasteiger partial charge in [-0.05, 0) is 73.1 Å². The fraction of sp³-hybridized carbons (Fsp3) is 0.326. The topological polar surface area (TPSA) is 181 Å². The van der Waals surface area contributed by atoms with Crippen molar-refractivity contribution < 1.29 is 24.0 Å². The number of nitrogens with two attached hydrogens (primary N) is 1. The maximum Gasteiger partial charge on any atom is 0.264 e. The molecule has 5 aromatic rings. The molecule has 288 valence electrons. The van der Waals surface area contributed by atoms with Crippen LogP contribution < -0.4 is 21.7 Å². The summed E-state index contributed by atoms with van der Waals surface area (Å²) in [5, 5.41) is 12.7. The third-order valence-electron chi connectivity index (χ3n) is 10.9. The van der Waals surface area contributed by atoms with Crippen molar-refractivity contribution in [2.24, 2.45) is 0 Å². The van der Waals surface area contributed by atoms with E-state index in [4.69, 9.17) is 5.73 Å². The molecule has 1 unspecified atom stereocenters. The molecule has 2 fully saturated rings. The van der Waals surface area contributed by atoms with E-state index in [0.717, 1.165) is 58.6 Å². The van der Waals surface area contributed by atoms with Gasteiger partial charge in [0.25, 0.3) is 17.7 Å². The zero-order valence-corrected chi connectivity index (χ0v) is 31.6. The predicted octanol–water partition coefficient (Wildman–Crippen LogP) is 6.25. The molecule has 0 bridgehead atoms. The zero-order valence-electron chi connectivity index (χ0n) is 31.6. The normalized spacial score (nSPS) is 16.8. The Kier molecular flexibility index (Phi) is 11.2. The molecule has 1 saturated carbocycles. The van der Waals surface area contributed by atoms with Crippen molar-refractivity contribution >= 4 is 46.7 Å². The highest BCUT2D eigenvalue weighted by atomic mass is 16.2. The molecule has 1 atom stereocenters. The van der Waals surface area contributed by atoms with Crippen molar-refractivity contribution in [1.82, 2.24) is 30.1 Å². The zero-order chi connectivity index (χ0) is 39.3. The lowest BCUT2D eigenvalue weighted by Crippen LogP contribution is -2.54. The number of hydrogen-bond donors (Lipinski definition) is 4. The summed E-state index contributed by atoms with van der Waals surface area (Å²) in [6.07, 6.45) is 8.52. The summed E-state index contributed by atoms with van der Waals surface area (Å²) in [6, 6.07) is 23.6. The van der Waals surface area contributed by atoms with Gasteiger partial charge in [-0.25, -0.2) is 4.98 Å². The second-order valence-electron chi connectivity index (χ2n) is 14.5. The van der Waals surface area contributed by atoms with Gasteiger partial charge in [0, 0.05) is 54.0 Å². The van der Waals surface area contributed by atoms with Crippen LogP contribution in [0.15, 0.2) is 85.1 Å². The van der Waals surface area contributed by atoms with Crippen LogP contribution >= 0.6 is 0 Å². The van der Waals surface area contributed by atoms with Crippen molar-refractivity contribution in [1.29, 1.82) is 0 Å². The number of carbonyl (C=O) groups excluding carboxylic acids is 5. The summed E-state index contributed by atoms with van der Waals surface area (Å²) in [5.41, 5.74) is 12.4. The lowest BCUT2D eigenvalue weighted by atomic mass is 9.99. The molecule has 2 aliphatic heterocycles. The minimum Gasteiger partial charge on any atom is -0.384 e. The van der Waals surface area contributed by atoms with Crippen LogP contribution in [0.3, 0.4) is 0 Å². The van der Waals surface area contributed by atoms with Gasteiger partial charge in [0.15, 0.2) is 5.65 Å². The molecular formula is C43H46N8O5. The largest absolute Gasteiger partial charge is 0.384 e. The maximum atomic E-state index is 13.3. The maximum absolute atomic E-state index is 13.3. The molecule has 8 rings (SSSR count). The number of fused-ring (bicyclic) bond motifs is 2. The number of benzene rings is 3. The number of carbonyl (C=O) groups is 5. The number of piperidine rings is 1. The SMILES string of the molecule is CCC(CC)c1cc(N)n2nccc2n1.O=C1CCC(N2C(=O)c3cccc(NCc4ccc(-c5ccc(C(=O)NC6CCCC6)cc5)cc4)c3C2=O)C(=O)N1. The number of nitrogens with zero attached hydrogens (tertiary/aromatic N) is 4. The van der Waals surface area contributed by atoms with Crippen molar-refractivity contribution in [3.8, 4) is 11.1 Å². The highest BCUT2D eigenvalue weighted by Crippen LogP contribution is 2.33. The van der Waals surface area contributed by atoms with E-state index < -0.39 is 29.7 Å². The first-order valence-electron chi connectivity index (χ1n) is 19.3. The Labute approximate surface area is 325 Å². The molecule has 3 aromatic carbocycles. The van der Waals surface area contributed by atoms with Gasteiger partial charge in [-0.1, -0.05) is 69.2 Å². The van der Waals surface area contributed by atoms with Crippen molar-refractivity contribution in [2.75, 3.05) is 11.1 Å². The van der Waals surface area contributed by atoms with Crippen LogP contribution in [0, 0.1) is 0 Å². The van der Waals surface area contributed by atoms with E-state index in [1.165, 1.54) is 12.8 Å². The highest BCUT2D eigenvalue weighted by Gasteiger charge is 2.45. The third kappa shape index (κ3) is 7.88. The number of aromatic nitrogens is 3. The highest BCUT2D eigenvalue weighted by molar-refractivity contribution is 6.25. The fourth-order valence-electron chi connectivity index (χ4n) is 7.70. The second-order valence-corrected chi connectivity index (χ2v) is 14.5. The number of nitrogens with one attached hydrogen (secondary N) is 3. The molecule has 1 aliphatic carbocycles. The molecule has 13 nitrogen and oxygen atoms in total. The van der Waals surface area contributed by atoms with E-state index in [1.54, 1.807) is 28.9 Å². The molecule has 4 heterocycles. The summed E-state index contributed by atoms with van der Waals surface area (Å²) in [7, 11) is 0. The van der Waals surface area contributed by atoms with Crippen LogP contribution in [-0.4, -0.2) is 61.1 Å². The third-order valence-corrected chi connectivity index (χ3v) is 10.9. The van der Waals surface area contributed by atoms with Gasteiger partial charge in [-0.2, -0.15) is 9.61 Å². The van der Waals surface area contributed by atoms with Crippen molar-refractivity contribution in [2.45, 2.75) is 89.8 Å². The minimum atomic E-state index is -1.00. The molecular weight excluding hydrogens is 709 g/mol. The van der Waals surface area contributed by atoms with E-state index in [9.17, 15) is 24.0 Å². The number of anilines is 2. The number of amides is 5. The first kappa shape index (κ1) is 37.9. The Morgan fingerprint density at radius 1 is 0.893 bits per heavy atom. The van der Waals surface area contributed by atoms with Crippen LogP contribution in [0.2, 0.25) is 0 Å². The second kappa shape index (κ2) is 16.6. The Hall–Kier alpha value is -6.37. The average molecular weight is 755 g/mol. The van der Waals surface area contributed by atoms with Crippen molar-refractivity contribution in [3.05, 3.63) is 113 Å². The van der Waals surface area contributed by atoms with Crippen LogP contribution in [0.1, 0.15) is 113 Å².